The first-order valence-electron chi connectivity index (χ1n) is 8.20. The fourth-order valence-corrected chi connectivity index (χ4v) is 2.89. The minimum atomic E-state index is -0.127. The van der Waals surface area contributed by atoms with Gasteiger partial charge in [0.15, 0.2) is 5.82 Å². The first-order chi connectivity index (χ1) is 11.2. The van der Waals surface area contributed by atoms with Crippen molar-refractivity contribution in [3.63, 3.8) is 0 Å². The van der Waals surface area contributed by atoms with E-state index in [2.05, 4.69) is 25.4 Å². The zero-order valence-corrected chi connectivity index (χ0v) is 13.5. The number of hydrogen-bond donors (Lipinski definition) is 2. The summed E-state index contributed by atoms with van der Waals surface area (Å²) in [5.74, 6) is 1.89. The Kier molecular flexibility index (Phi) is 5.02. The van der Waals surface area contributed by atoms with Crippen LogP contribution in [-0.2, 0) is 24.2 Å². The number of carbonyl (C=O) groups is 1. The van der Waals surface area contributed by atoms with Crippen molar-refractivity contribution in [2.24, 2.45) is 0 Å². The molecule has 6 nitrogen and oxygen atoms in total. The molecule has 0 aliphatic carbocycles. The molecule has 1 aliphatic heterocycles. The van der Waals surface area contributed by atoms with Crippen LogP contribution in [0.1, 0.15) is 36.6 Å². The predicted molar refractivity (Wildman–Crippen MR) is 87.9 cm³/mol. The molecule has 122 valence electrons. The molecule has 2 aromatic rings. The van der Waals surface area contributed by atoms with E-state index in [1.807, 2.05) is 37.3 Å². The van der Waals surface area contributed by atoms with Gasteiger partial charge >= 0.3 is 0 Å². The van der Waals surface area contributed by atoms with E-state index in [9.17, 15) is 4.79 Å². The predicted octanol–water partition coefficient (Wildman–Crippen LogP) is 1.23. The smallest absolute Gasteiger partial charge is 0.220 e. The quantitative estimate of drug-likeness (QED) is 0.871. The lowest BCUT2D eigenvalue weighted by Gasteiger charge is -2.15. The summed E-state index contributed by atoms with van der Waals surface area (Å²) >= 11 is 0. The second-order valence-corrected chi connectivity index (χ2v) is 5.90. The lowest BCUT2D eigenvalue weighted by Crippen LogP contribution is -2.29. The molecular weight excluding hydrogens is 290 g/mol. The van der Waals surface area contributed by atoms with Crippen LogP contribution in [0.2, 0.25) is 0 Å². The lowest BCUT2D eigenvalue weighted by molar-refractivity contribution is -0.121. The van der Waals surface area contributed by atoms with Crippen LogP contribution in [0.15, 0.2) is 30.3 Å². The van der Waals surface area contributed by atoms with Gasteiger partial charge in [-0.2, -0.15) is 0 Å². The van der Waals surface area contributed by atoms with Crippen molar-refractivity contribution >= 4 is 5.91 Å². The number of aromatic nitrogens is 3. The van der Waals surface area contributed by atoms with Gasteiger partial charge in [0.25, 0.3) is 0 Å². The highest BCUT2D eigenvalue weighted by atomic mass is 16.1. The lowest BCUT2D eigenvalue weighted by atomic mass is 10.1. The van der Waals surface area contributed by atoms with E-state index in [0.717, 1.165) is 44.1 Å². The van der Waals surface area contributed by atoms with Crippen molar-refractivity contribution in [2.45, 2.75) is 38.8 Å². The number of aryl methyl sites for hydroxylation is 1. The van der Waals surface area contributed by atoms with E-state index in [1.165, 1.54) is 5.56 Å². The van der Waals surface area contributed by atoms with Crippen LogP contribution in [0.4, 0.5) is 0 Å². The van der Waals surface area contributed by atoms with Crippen LogP contribution in [0, 0.1) is 0 Å². The molecule has 2 N–H and O–H groups in total. The summed E-state index contributed by atoms with van der Waals surface area (Å²) in [5, 5.41) is 14.9. The van der Waals surface area contributed by atoms with Gasteiger partial charge in [0.05, 0.1) is 6.04 Å². The molecule has 1 aromatic carbocycles. The molecule has 1 aliphatic rings. The molecule has 0 saturated carbocycles. The SMILES string of the molecule is C[C@@H](NC(=O)CCc1ccccc1)c1nnc2n1CCNCC2. The van der Waals surface area contributed by atoms with Crippen LogP contribution >= 0.6 is 0 Å². The average Bonchev–Trinajstić information content (AvgIpc) is 2.83. The molecule has 3 rings (SSSR count). The number of nitrogens with zero attached hydrogens (tertiary/aromatic N) is 3. The monoisotopic (exact) mass is 313 g/mol. The highest BCUT2D eigenvalue weighted by Gasteiger charge is 2.20. The minimum Gasteiger partial charge on any atom is -0.346 e. The molecule has 2 heterocycles. The van der Waals surface area contributed by atoms with Crippen LogP contribution in [0.5, 0.6) is 0 Å². The van der Waals surface area contributed by atoms with E-state index in [4.69, 9.17) is 0 Å². The molecule has 0 bridgehead atoms. The zero-order chi connectivity index (χ0) is 16.1. The van der Waals surface area contributed by atoms with Gasteiger partial charge in [0.2, 0.25) is 5.91 Å². The first-order valence-corrected chi connectivity index (χ1v) is 8.20. The normalized spacial score (nSPS) is 15.5. The maximum absolute atomic E-state index is 12.2. The summed E-state index contributed by atoms with van der Waals surface area (Å²) in [6.07, 6.45) is 2.11. The molecule has 0 unspecified atom stereocenters. The Morgan fingerprint density at radius 2 is 2.13 bits per heavy atom. The Morgan fingerprint density at radius 1 is 1.30 bits per heavy atom. The maximum Gasteiger partial charge on any atom is 0.220 e. The van der Waals surface area contributed by atoms with Gasteiger partial charge in [0.1, 0.15) is 5.82 Å². The number of carbonyl (C=O) groups excluding carboxylic acids is 1. The number of rotatable bonds is 5. The fraction of sp³-hybridized carbons (Fsp3) is 0.471. The van der Waals surface area contributed by atoms with Crippen molar-refractivity contribution < 1.29 is 4.79 Å². The third-order valence-electron chi connectivity index (χ3n) is 4.14. The van der Waals surface area contributed by atoms with E-state index in [0.29, 0.717) is 6.42 Å². The van der Waals surface area contributed by atoms with Crippen molar-refractivity contribution in [3.05, 3.63) is 47.5 Å². The topological polar surface area (TPSA) is 71.8 Å². The molecule has 0 fully saturated rings. The molecular formula is C17H23N5O. The largest absolute Gasteiger partial charge is 0.346 e. The summed E-state index contributed by atoms with van der Waals surface area (Å²) in [7, 11) is 0. The Labute approximate surface area is 136 Å². The van der Waals surface area contributed by atoms with Crippen molar-refractivity contribution in [2.75, 3.05) is 13.1 Å². The molecule has 1 amide bonds. The molecule has 1 atom stereocenters. The fourth-order valence-electron chi connectivity index (χ4n) is 2.89. The van der Waals surface area contributed by atoms with Crippen molar-refractivity contribution in [1.82, 2.24) is 25.4 Å². The van der Waals surface area contributed by atoms with Crippen LogP contribution in [0.3, 0.4) is 0 Å². The second-order valence-electron chi connectivity index (χ2n) is 5.90. The van der Waals surface area contributed by atoms with Crippen LogP contribution < -0.4 is 10.6 Å². The standard InChI is InChI=1S/C17H23N5O/c1-13(17-21-20-15-9-10-18-11-12-22(15)17)19-16(23)8-7-14-5-3-2-4-6-14/h2-6,13,18H,7-12H2,1H3,(H,19,23)/t13-/m1/s1. The van der Waals surface area contributed by atoms with Gasteiger partial charge in [-0.15, -0.1) is 10.2 Å². The minimum absolute atomic E-state index is 0.0467. The van der Waals surface area contributed by atoms with Crippen molar-refractivity contribution in [1.29, 1.82) is 0 Å². The molecule has 23 heavy (non-hydrogen) atoms. The highest BCUT2D eigenvalue weighted by molar-refractivity contribution is 5.76. The Bertz CT molecular complexity index is 652. The third kappa shape index (κ3) is 3.96. The molecule has 1 aromatic heterocycles. The summed E-state index contributed by atoms with van der Waals surface area (Å²) in [5.41, 5.74) is 1.18. The van der Waals surface area contributed by atoms with Gasteiger partial charge < -0.3 is 15.2 Å². The number of hydrogen-bond acceptors (Lipinski definition) is 4. The summed E-state index contributed by atoms with van der Waals surface area (Å²) in [4.78, 5) is 12.2. The molecule has 0 spiro atoms. The van der Waals surface area contributed by atoms with E-state index < -0.39 is 0 Å². The van der Waals surface area contributed by atoms with E-state index in [1.54, 1.807) is 0 Å². The van der Waals surface area contributed by atoms with Gasteiger partial charge in [-0.25, -0.2) is 0 Å². The molecule has 0 radical (unpaired) electrons. The highest BCUT2D eigenvalue weighted by Crippen LogP contribution is 2.14. The van der Waals surface area contributed by atoms with Crippen LogP contribution in [-0.4, -0.2) is 33.8 Å². The van der Waals surface area contributed by atoms with E-state index >= 15 is 0 Å². The maximum atomic E-state index is 12.2. The third-order valence-corrected chi connectivity index (χ3v) is 4.14. The Balaban J connectivity index is 1.57. The number of nitrogens with one attached hydrogen (secondary N) is 2. The average molecular weight is 313 g/mol. The molecule has 0 saturated heterocycles. The summed E-state index contributed by atoms with van der Waals surface area (Å²) in [6.45, 7) is 4.65. The zero-order valence-electron chi connectivity index (χ0n) is 13.5. The van der Waals surface area contributed by atoms with E-state index in [-0.39, 0.29) is 11.9 Å². The van der Waals surface area contributed by atoms with Crippen molar-refractivity contribution in [3.8, 4) is 0 Å². The first kappa shape index (κ1) is 15.7. The van der Waals surface area contributed by atoms with Gasteiger partial charge in [-0.1, -0.05) is 30.3 Å². The number of fused-ring (bicyclic) bond motifs is 1. The number of amides is 1. The van der Waals surface area contributed by atoms with Gasteiger partial charge in [0, 0.05) is 32.5 Å². The van der Waals surface area contributed by atoms with Gasteiger partial charge in [-0.3, -0.25) is 4.79 Å². The second kappa shape index (κ2) is 7.37. The Morgan fingerprint density at radius 3 is 2.96 bits per heavy atom. The van der Waals surface area contributed by atoms with Gasteiger partial charge in [-0.05, 0) is 18.9 Å². The summed E-state index contributed by atoms with van der Waals surface area (Å²) in [6, 6.07) is 9.93. The number of benzene rings is 1. The Hall–Kier alpha value is -2.21. The molecule has 6 heteroatoms. The summed E-state index contributed by atoms with van der Waals surface area (Å²) < 4.78 is 2.13. The van der Waals surface area contributed by atoms with Crippen LogP contribution in [0.25, 0.3) is 0 Å².